The monoisotopic (exact) mass is 280 g/mol. The van der Waals surface area contributed by atoms with Crippen molar-refractivity contribution in [2.45, 2.75) is 26.4 Å². The van der Waals surface area contributed by atoms with Crippen molar-refractivity contribution in [1.29, 1.82) is 0 Å². The highest BCUT2D eigenvalue weighted by Crippen LogP contribution is 2.20. The molecule has 108 valence electrons. The van der Waals surface area contributed by atoms with Crippen LogP contribution in [0.25, 0.3) is 11.0 Å². The number of aromatic nitrogens is 3. The van der Waals surface area contributed by atoms with Gasteiger partial charge in [0.15, 0.2) is 0 Å². The number of rotatable bonds is 6. The lowest BCUT2D eigenvalue weighted by atomic mass is 10.2. The van der Waals surface area contributed by atoms with E-state index in [1.54, 1.807) is 6.20 Å². The van der Waals surface area contributed by atoms with Gasteiger partial charge in [-0.15, -0.1) is 0 Å². The summed E-state index contributed by atoms with van der Waals surface area (Å²) in [5, 5.41) is 4.69. The Hall–Kier alpha value is -2.20. The normalized spacial score (nSPS) is 11.1. The summed E-state index contributed by atoms with van der Waals surface area (Å²) < 4.78 is 2.20. The maximum absolute atomic E-state index is 4.54. The number of nitrogens with one attached hydrogen (secondary N) is 1. The van der Waals surface area contributed by atoms with Gasteiger partial charge in [-0.05, 0) is 42.3 Å². The molecule has 0 saturated carbocycles. The van der Waals surface area contributed by atoms with Gasteiger partial charge in [0.2, 0.25) is 0 Å². The zero-order valence-electron chi connectivity index (χ0n) is 12.3. The van der Waals surface area contributed by atoms with Crippen molar-refractivity contribution in [3.63, 3.8) is 0 Å². The number of fused-ring (bicyclic) bond motifs is 1. The molecule has 0 aliphatic carbocycles. The van der Waals surface area contributed by atoms with Gasteiger partial charge in [-0.2, -0.15) is 0 Å². The Balaban J connectivity index is 1.91. The first-order valence-electron chi connectivity index (χ1n) is 7.41. The van der Waals surface area contributed by atoms with E-state index in [1.165, 1.54) is 16.5 Å². The Morgan fingerprint density at radius 1 is 1.19 bits per heavy atom. The van der Waals surface area contributed by atoms with Crippen LogP contribution < -0.4 is 5.32 Å². The minimum absolute atomic E-state index is 0.801. The standard InChI is InChI=1S/C17H20N4/c1-2-7-18-11-15-13-21(12-14-5-3-8-19-10-14)17-16(15)6-4-9-20-17/h3-6,8-10,13,18H,2,7,11-12H2,1H3. The lowest BCUT2D eigenvalue weighted by molar-refractivity contribution is 0.675. The Bertz CT molecular complexity index is 703. The number of pyridine rings is 2. The second kappa shape index (κ2) is 6.50. The molecule has 0 atom stereocenters. The first kappa shape index (κ1) is 13.8. The summed E-state index contributed by atoms with van der Waals surface area (Å²) in [6, 6.07) is 8.21. The Morgan fingerprint density at radius 2 is 2.10 bits per heavy atom. The average Bonchev–Trinajstić information content (AvgIpc) is 2.87. The molecule has 0 unspecified atom stereocenters. The first-order chi connectivity index (χ1) is 10.4. The van der Waals surface area contributed by atoms with Crippen molar-refractivity contribution in [2.75, 3.05) is 6.54 Å². The molecule has 0 bridgehead atoms. The van der Waals surface area contributed by atoms with E-state index < -0.39 is 0 Å². The summed E-state index contributed by atoms with van der Waals surface area (Å²) >= 11 is 0. The second-order valence-electron chi connectivity index (χ2n) is 5.19. The van der Waals surface area contributed by atoms with E-state index in [4.69, 9.17) is 0 Å². The van der Waals surface area contributed by atoms with Crippen LogP contribution in [0.4, 0.5) is 0 Å². The highest BCUT2D eigenvalue weighted by atomic mass is 15.0. The Labute approximate surface area is 124 Å². The van der Waals surface area contributed by atoms with Gasteiger partial charge in [-0.3, -0.25) is 4.98 Å². The van der Waals surface area contributed by atoms with Gasteiger partial charge in [0, 0.05) is 36.7 Å². The molecule has 0 amide bonds. The fourth-order valence-electron chi connectivity index (χ4n) is 2.54. The summed E-state index contributed by atoms with van der Waals surface area (Å²) in [5.74, 6) is 0. The molecule has 0 saturated heterocycles. The third-order valence-electron chi connectivity index (χ3n) is 3.53. The van der Waals surface area contributed by atoms with Crippen LogP contribution in [0.15, 0.2) is 49.1 Å². The molecule has 0 aliphatic rings. The molecular weight excluding hydrogens is 260 g/mol. The average molecular weight is 280 g/mol. The fourth-order valence-corrected chi connectivity index (χ4v) is 2.54. The quantitative estimate of drug-likeness (QED) is 0.706. The van der Waals surface area contributed by atoms with Crippen LogP contribution in [0.3, 0.4) is 0 Å². The maximum Gasteiger partial charge on any atom is 0.140 e. The summed E-state index contributed by atoms with van der Waals surface area (Å²) in [7, 11) is 0. The van der Waals surface area contributed by atoms with E-state index in [-0.39, 0.29) is 0 Å². The van der Waals surface area contributed by atoms with Gasteiger partial charge in [0.25, 0.3) is 0 Å². The molecule has 4 nitrogen and oxygen atoms in total. The number of nitrogens with zero attached hydrogens (tertiary/aromatic N) is 3. The van der Waals surface area contributed by atoms with Crippen molar-refractivity contribution in [1.82, 2.24) is 19.9 Å². The molecule has 4 heteroatoms. The van der Waals surface area contributed by atoms with Gasteiger partial charge in [0.05, 0.1) is 6.54 Å². The number of hydrogen-bond acceptors (Lipinski definition) is 3. The van der Waals surface area contributed by atoms with Gasteiger partial charge in [0.1, 0.15) is 5.65 Å². The largest absolute Gasteiger partial charge is 0.328 e. The Kier molecular flexibility index (Phi) is 4.26. The van der Waals surface area contributed by atoms with E-state index in [0.717, 1.165) is 31.7 Å². The van der Waals surface area contributed by atoms with Crippen LogP contribution in [0, 0.1) is 0 Å². The van der Waals surface area contributed by atoms with E-state index >= 15 is 0 Å². The first-order valence-corrected chi connectivity index (χ1v) is 7.41. The summed E-state index contributed by atoms with van der Waals surface area (Å²) in [6.45, 7) is 4.90. The van der Waals surface area contributed by atoms with E-state index in [2.05, 4.69) is 45.1 Å². The highest BCUT2D eigenvalue weighted by molar-refractivity contribution is 5.80. The summed E-state index contributed by atoms with van der Waals surface area (Å²) in [4.78, 5) is 8.72. The van der Waals surface area contributed by atoms with Crippen LogP contribution in [0.1, 0.15) is 24.5 Å². The van der Waals surface area contributed by atoms with E-state index in [1.807, 2.05) is 24.5 Å². The van der Waals surface area contributed by atoms with Gasteiger partial charge >= 0.3 is 0 Å². The van der Waals surface area contributed by atoms with Gasteiger partial charge in [-0.25, -0.2) is 4.98 Å². The number of hydrogen-bond donors (Lipinski definition) is 1. The molecule has 0 aromatic carbocycles. The van der Waals surface area contributed by atoms with Gasteiger partial charge in [-0.1, -0.05) is 13.0 Å². The molecule has 0 spiro atoms. The molecule has 0 aliphatic heterocycles. The lowest BCUT2D eigenvalue weighted by Gasteiger charge is -2.03. The highest BCUT2D eigenvalue weighted by Gasteiger charge is 2.09. The Morgan fingerprint density at radius 3 is 2.90 bits per heavy atom. The van der Waals surface area contributed by atoms with E-state index in [9.17, 15) is 0 Å². The van der Waals surface area contributed by atoms with Crippen LogP contribution in [0.5, 0.6) is 0 Å². The molecular formula is C17H20N4. The minimum Gasteiger partial charge on any atom is -0.328 e. The predicted molar refractivity (Wildman–Crippen MR) is 85.1 cm³/mol. The van der Waals surface area contributed by atoms with Crippen LogP contribution in [0.2, 0.25) is 0 Å². The molecule has 21 heavy (non-hydrogen) atoms. The molecule has 3 aromatic heterocycles. The third kappa shape index (κ3) is 3.11. The van der Waals surface area contributed by atoms with Crippen molar-refractivity contribution >= 4 is 11.0 Å². The van der Waals surface area contributed by atoms with Crippen LogP contribution in [-0.4, -0.2) is 21.1 Å². The topological polar surface area (TPSA) is 42.7 Å². The van der Waals surface area contributed by atoms with Gasteiger partial charge < -0.3 is 9.88 Å². The minimum atomic E-state index is 0.801. The molecule has 3 aromatic rings. The van der Waals surface area contributed by atoms with E-state index in [0.29, 0.717) is 0 Å². The lowest BCUT2D eigenvalue weighted by Crippen LogP contribution is -2.13. The van der Waals surface area contributed by atoms with Crippen molar-refractivity contribution in [3.8, 4) is 0 Å². The second-order valence-corrected chi connectivity index (χ2v) is 5.19. The van der Waals surface area contributed by atoms with Crippen molar-refractivity contribution in [3.05, 3.63) is 60.2 Å². The van der Waals surface area contributed by atoms with Crippen molar-refractivity contribution in [2.24, 2.45) is 0 Å². The van der Waals surface area contributed by atoms with Crippen LogP contribution >= 0.6 is 0 Å². The zero-order chi connectivity index (χ0) is 14.5. The third-order valence-corrected chi connectivity index (χ3v) is 3.53. The zero-order valence-corrected chi connectivity index (χ0v) is 12.3. The molecule has 0 fully saturated rings. The van der Waals surface area contributed by atoms with Crippen LogP contribution in [-0.2, 0) is 13.1 Å². The predicted octanol–water partition coefficient (Wildman–Crippen LogP) is 2.98. The smallest absolute Gasteiger partial charge is 0.140 e. The molecule has 3 heterocycles. The SMILES string of the molecule is CCCNCc1cn(Cc2cccnc2)c2ncccc12. The van der Waals surface area contributed by atoms with Crippen molar-refractivity contribution < 1.29 is 0 Å². The summed E-state index contributed by atoms with van der Waals surface area (Å²) in [5.41, 5.74) is 3.53. The fraction of sp³-hybridized carbons (Fsp3) is 0.294. The molecule has 1 N–H and O–H groups in total. The maximum atomic E-state index is 4.54. The summed E-state index contributed by atoms with van der Waals surface area (Å²) in [6.07, 6.45) is 8.91. The molecule has 0 radical (unpaired) electrons. The molecule has 3 rings (SSSR count).